The molecular weight excluding hydrogens is 324 g/mol. The molecule has 0 saturated carbocycles. The quantitative estimate of drug-likeness (QED) is 0.825. The Kier molecular flexibility index (Phi) is 5.65. The van der Waals surface area contributed by atoms with Crippen LogP contribution in [0.1, 0.15) is 48.7 Å². The topological polar surface area (TPSA) is 43.2 Å². The van der Waals surface area contributed by atoms with Crippen molar-refractivity contribution >= 4 is 0 Å². The molecule has 4 heterocycles. The lowest BCUT2D eigenvalue weighted by molar-refractivity contribution is 0.0821. The molecule has 0 spiro atoms. The van der Waals surface area contributed by atoms with Gasteiger partial charge in [-0.25, -0.2) is 4.98 Å². The predicted molar refractivity (Wildman–Crippen MR) is 102 cm³/mol. The van der Waals surface area contributed by atoms with Crippen LogP contribution < -0.4 is 0 Å². The first-order valence-electron chi connectivity index (χ1n) is 10.0. The zero-order valence-corrected chi connectivity index (χ0v) is 15.8. The molecule has 2 fully saturated rings. The van der Waals surface area contributed by atoms with Crippen molar-refractivity contribution in [2.24, 2.45) is 5.92 Å². The van der Waals surface area contributed by atoms with Crippen LogP contribution in [0.2, 0.25) is 0 Å². The summed E-state index contributed by atoms with van der Waals surface area (Å²) < 4.78 is 8.04. The number of hydrogen-bond donors (Lipinski definition) is 0. The molecule has 0 N–H and O–H groups in total. The fraction of sp³-hybridized carbons (Fsp3) is 0.619. The summed E-state index contributed by atoms with van der Waals surface area (Å²) in [5.41, 5.74) is 2.67. The number of likely N-dealkylation sites (tertiary alicyclic amines) is 1. The molecule has 2 saturated heterocycles. The summed E-state index contributed by atoms with van der Waals surface area (Å²) in [5.74, 6) is 2.56. The number of aryl methyl sites for hydroxylation is 1. The highest BCUT2D eigenvalue weighted by Crippen LogP contribution is 2.28. The van der Waals surface area contributed by atoms with Crippen molar-refractivity contribution < 1.29 is 4.74 Å². The number of imidazole rings is 1. The number of pyridine rings is 1. The molecule has 5 heteroatoms. The Balaban J connectivity index is 1.41. The largest absolute Gasteiger partial charge is 0.381 e. The van der Waals surface area contributed by atoms with E-state index in [0.717, 1.165) is 39.1 Å². The van der Waals surface area contributed by atoms with Crippen molar-refractivity contribution in [2.45, 2.75) is 51.6 Å². The lowest BCUT2D eigenvalue weighted by atomic mass is 9.96. The number of rotatable bonds is 5. The summed E-state index contributed by atoms with van der Waals surface area (Å²) in [5, 5.41) is 0. The molecule has 0 aliphatic carbocycles. The zero-order chi connectivity index (χ0) is 17.8. The Morgan fingerprint density at radius 2 is 1.96 bits per heavy atom. The van der Waals surface area contributed by atoms with Gasteiger partial charge in [-0.2, -0.15) is 0 Å². The molecule has 1 atom stereocenters. The third-order valence-corrected chi connectivity index (χ3v) is 5.87. The normalized spacial score (nSPS) is 22.6. The molecule has 0 amide bonds. The van der Waals surface area contributed by atoms with Gasteiger partial charge < -0.3 is 9.30 Å². The third-order valence-electron chi connectivity index (χ3n) is 5.87. The maximum absolute atomic E-state index is 5.54. The van der Waals surface area contributed by atoms with Crippen LogP contribution in [-0.2, 0) is 17.8 Å². The molecular formula is C21H30N4O. The van der Waals surface area contributed by atoms with E-state index in [1.165, 1.54) is 43.0 Å². The zero-order valence-electron chi connectivity index (χ0n) is 15.8. The van der Waals surface area contributed by atoms with Crippen molar-refractivity contribution in [1.29, 1.82) is 0 Å². The second-order valence-corrected chi connectivity index (χ2v) is 7.85. The minimum absolute atomic E-state index is 0.564. The monoisotopic (exact) mass is 354 g/mol. The van der Waals surface area contributed by atoms with Gasteiger partial charge in [0.15, 0.2) is 0 Å². The van der Waals surface area contributed by atoms with Crippen LogP contribution in [0.25, 0.3) is 0 Å². The Morgan fingerprint density at radius 3 is 2.77 bits per heavy atom. The van der Waals surface area contributed by atoms with Crippen molar-refractivity contribution in [3.8, 4) is 0 Å². The minimum atomic E-state index is 0.564. The molecule has 0 bridgehead atoms. The highest BCUT2D eigenvalue weighted by Gasteiger charge is 2.25. The maximum atomic E-state index is 5.54. The summed E-state index contributed by atoms with van der Waals surface area (Å²) in [6, 6.07) is 4.26. The van der Waals surface area contributed by atoms with E-state index in [4.69, 9.17) is 9.72 Å². The van der Waals surface area contributed by atoms with Gasteiger partial charge >= 0.3 is 0 Å². The van der Waals surface area contributed by atoms with Crippen molar-refractivity contribution in [2.75, 3.05) is 26.3 Å². The number of aromatic nitrogens is 3. The third kappa shape index (κ3) is 4.15. The average molecular weight is 354 g/mol. The van der Waals surface area contributed by atoms with Gasteiger partial charge in [-0.05, 0) is 62.8 Å². The first-order valence-corrected chi connectivity index (χ1v) is 10.0. The van der Waals surface area contributed by atoms with Gasteiger partial charge in [0.25, 0.3) is 0 Å². The van der Waals surface area contributed by atoms with Crippen molar-refractivity contribution in [3.63, 3.8) is 0 Å². The lowest BCUT2D eigenvalue weighted by Gasteiger charge is -2.34. The van der Waals surface area contributed by atoms with Crippen LogP contribution in [0.15, 0.2) is 30.7 Å². The Bertz CT molecular complexity index is 693. The first kappa shape index (κ1) is 17.7. The van der Waals surface area contributed by atoms with Gasteiger partial charge in [-0.15, -0.1) is 0 Å². The Morgan fingerprint density at radius 1 is 1.15 bits per heavy atom. The number of ether oxygens (including phenoxy) is 1. The smallest absolute Gasteiger partial charge is 0.112 e. The second kappa shape index (κ2) is 8.31. The van der Waals surface area contributed by atoms with Gasteiger partial charge in [-0.3, -0.25) is 9.88 Å². The number of nitrogens with zero attached hydrogens (tertiary/aromatic N) is 4. The summed E-state index contributed by atoms with van der Waals surface area (Å²) in [6.45, 7) is 8.47. The van der Waals surface area contributed by atoms with E-state index in [2.05, 4.69) is 39.7 Å². The van der Waals surface area contributed by atoms with Crippen LogP contribution in [0.3, 0.4) is 0 Å². The molecule has 4 rings (SSSR count). The Labute approximate surface area is 156 Å². The van der Waals surface area contributed by atoms with Crippen LogP contribution >= 0.6 is 0 Å². The SMILES string of the molecule is Cc1cnc(C2CCOCC2)n1CC1CCCN(Cc2ccncc2)C1. The van der Waals surface area contributed by atoms with Gasteiger partial charge in [0.1, 0.15) is 5.82 Å². The van der Waals surface area contributed by atoms with Gasteiger partial charge in [-0.1, -0.05) is 0 Å². The van der Waals surface area contributed by atoms with Gasteiger partial charge in [0.2, 0.25) is 0 Å². The fourth-order valence-electron chi connectivity index (χ4n) is 4.45. The summed E-state index contributed by atoms with van der Waals surface area (Å²) in [7, 11) is 0. The minimum Gasteiger partial charge on any atom is -0.381 e. The van der Waals surface area contributed by atoms with Crippen LogP contribution in [0, 0.1) is 12.8 Å². The number of piperidine rings is 1. The summed E-state index contributed by atoms with van der Waals surface area (Å²) >= 11 is 0. The van der Waals surface area contributed by atoms with Gasteiger partial charge in [0, 0.05) is 63.1 Å². The molecule has 0 radical (unpaired) electrons. The molecule has 2 aliphatic heterocycles. The molecule has 2 aromatic rings. The number of hydrogen-bond acceptors (Lipinski definition) is 4. The average Bonchev–Trinajstić information content (AvgIpc) is 3.04. The first-order chi connectivity index (χ1) is 12.8. The molecule has 26 heavy (non-hydrogen) atoms. The van der Waals surface area contributed by atoms with Crippen molar-refractivity contribution in [1.82, 2.24) is 19.4 Å². The maximum Gasteiger partial charge on any atom is 0.112 e. The van der Waals surface area contributed by atoms with E-state index in [9.17, 15) is 0 Å². The van der Waals surface area contributed by atoms with E-state index in [1.54, 1.807) is 0 Å². The van der Waals surface area contributed by atoms with Crippen LogP contribution in [0.4, 0.5) is 0 Å². The standard InChI is InChI=1S/C21H30N4O/c1-17-13-23-21(20-6-11-26-12-7-20)25(17)16-19-3-2-10-24(15-19)14-18-4-8-22-9-5-18/h4-5,8-9,13,19-20H,2-3,6-7,10-12,14-16H2,1H3. The molecule has 2 aliphatic rings. The lowest BCUT2D eigenvalue weighted by Crippen LogP contribution is -2.37. The fourth-order valence-corrected chi connectivity index (χ4v) is 4.45. The van der Waals surface area contributed by atoms with E-state index >= 15 is 0 Å². The van der Waals surface area contributed by atoms with Gasteiger partial charge in [0.05, 0.1) is 0 Å². The van der Waals surface area contributed by atoms with Crippen molar-refractivity contribution in [3.05, 3.63) is 47.8 Å². The summed E-state index contributed by atoms with van der Waals surface area (Å²) in [6.07, 6.45) is 10.7. The highest BCUT2D eigenvalue weighted by molar-refractivity contribution is 5.10. The van der Waals surface area contributed by atoms with E-state index < -0.39 is 0 Å². The Hall–Kier alpha value is -1.72. The second-order valence-electron chi connectivity index (χ2n) is 7.85. The molecule has 0 aromatic carbocycles. The summed E-state index contributed by atoms with van der Waals surface area (Å²) in [4.78, 5) is 11.5. The molecule has 140 valence electrons. The molecule has 5 nitrogen and oxygen atoms in total. The van der Waals surface area contributed by atoms with E-state index in [0.29, 0.717) is 11.8 Å². The molecule has 2 aromatic heterocycles. The highest BCUT2D eigenvalue weighted by atomic mass is 16.5. The van der Waals surface area contributed by atoms with E-state index in [-0.39, 0.29) is 0 Å². The molecule has 1 unspecified atom stereocenters. The van der Waals surface area contributed by atoms with Crippen LogP contribution in [0.5, 0.6) is 0 Å². The van der Waals surface area contributed by atoms with Crippen LogP contribution in [-0.4, -0.2) is 45.7 Å². The predicted octanol–water partition coefficient (Wildman–Crippen LogP) is 3.39. The van der Waals surface area contributed by atoms with E-state index in [1.807, 2.05) is 12.4 Å².